The van der Waals surface area contributed by atoms with Crippen LogP contribution >= 0.6 is 0 Å². The zero-order chi connectivity index (χ0) is 21.5. The van der Waals surface area contributed by atoms with E-state index in [1.807, 2.05) is 62.4 Å². The summed E-state index contributed by atoms with van der Waals surface area (Å²) >= 11 is 0. The lowest BCUT2D eigenvalue weighted by molar-refractivity contribution is -0.121. The zero-order valence-corrected chi connectivity index (χ0v) is 18.0. The molecule has 0 saturated heterocycles. The van der Waals surface area contributed by atoms with E-state index in [0.717, 1.165) is 22.3 Å². The van der Waals surface area contributed by atoms with Crippen molar-refractivity contribution in [3.63, 3.8) is 0 Å². The third-order valence-electron chi connectivity index (χ3n) is 5.80. The maximum atomic E-state index is 13.3. The van der Waals surface area contributed by atoms with Crippen molar-refractivity contribution in [2.45, 2.75) is 37.1 Å². The number of nitrogens with one attached hydrogen (secondary N) is 2. The molecule has 0 aromatic heterocycles. The van der Waals surface area contributed by atoms with Crippen LogP contribution in [0.1, 0.15) is 35.2 Å². The molecule has 0 saturated carbocycles. The van der Waals surface area contributed by atoms with Crippen molar-refractivity contribution in [3.8, 4) is 0 Å². The number of rotatable bonds is 5. The Hall–Kier alpha value is -2.96. The van der Waals surface area contributed by atoms with Gasteiger partial charge in [0.05, 0.1) is 16.4 Å². The van der Waals surface area contributed by atoms with Crippen molar-refractivity contribution in [1.29, 1.82) is 0 Å². The summed E-state index contributed by atoms with van der Waals surface area (Å²) in [7, 11) is -3.87. The van der Waals surface area contributed by atoms with Crippen LogP contribution < -0.4 is 10.0 Å². The van der Waals surface area contributed by atoms with Gasteiger partial charge >= 0.3 is 0 Å². The van der Waals surface area contributed by atoms with Gasteiger partial charge < -0.3 is 5.32 Å². The Bertz CT molecular complexity index is 1200. The fraction of sp³-hybridized carbons (Fsp3) is 0.208. The predicted molar refractivity (Wildman–Crippen MR) is 118 cm³/mol. The van der Waals surface area contributed by atoms with Crippen molar-refractivity contribution in [1.82, 2.24) is 4.72 Å². The van der Waals surface area contributed by atoms with Crippen LogP contribution in [-0.2, 0) is 20.2 Å². The summed E-state index contributed by atoms with van der Waals surface area (Å²) in [6.07, 6.45) is 0. The minimum absolute atomic E-state index is 0.167. The molecule has 0 fully saturated rings. The number of hydrogen-bond acceptors (Lipinski definition) is 3. The molecule has 1 aliphatic heterocycles. The van der Waals surface area contributed by atoms with Crippen LogP contribution in [-0.4, -0.2) is 14.3 Å². The Kier molecular flexibility index (Phi) is 5.00. The van der Waals surface area contributed by atoms with Crippen molar-refractivity contribution >= 4 is 21.6 Å². The zero-order valence-electron chi connectivity index (χ0n) is 17.1. The maximum absolute atomic E-state index is 13.3. The van der Waals surface area contributed by atoms with Gasteiger partial charge in [0.15, 0.2) is 0 Å². The lowest BCUT2D eigenvalue weighted by atomic mass is 9.74. The summed E-state index contributed by atoms with van der Waals surface area (Å²) in [4.78, 5) is 13.3. The first-order valence-corrected chi connectivity index (χ1v) is 11.3. The normalized spacial score (nSPS) is 19.2. The number of sulfonamides is 1. The Morgan fingerprint density at radius 2 is 1.43 bits per heavy atom. The number of aryl methyl sites for hydroxylation is 2. The highest BCUT2D eigenvalue weighted by Crippen LogP contribution is 2.46. The van der Waals surface area contributed by atoms with Crippen LogP contribution in [0.3, 0.4) is 0 Å². The number of fused-ring (bicyclic) bond motifs is 1. The molecule has 6 heteroatoms. The topological polar surface area (TPSA) is 75.3 Å². The van der Waals surface area contributed by atoms with E-state index in [2.05, 4.69) is 10.0 Å². The molecule has 1 amide bonds. The minimum Gasteiger partial charge on any atom is -0.325 e. The number of benzene rings is 3. The molecule has 2 N–H and O–H groups in total. The predicted octanol–water partition coefficient (Wildman–Crippen LogP) is 4.23. The number of carbonyl (C=O) groups excluding carboxylic acids is 1. The maximum Gasteiger partial charge on any atom is 0.241 e. The summed E-state index contributed by atoms with van der Waals surface area (Å²) in [5.41, 5.74) is 3.12. The quantitative estimate of drug-likeness (QED) is 0.649. The molecule has 0 bridgehead atoms. The van der Waals surface area contributed by atoms with Crippen LogP contribution in [0, 0.1) is 13.8 Å². The summed E-state index contributed by atoms with van der Waals surface area (Å²) in [6.45, 7) is 5.66. The van der Waals surface area contributed by atoms with Gasteiger partial charge in [-0.1, -0.05) is 65.7 Å². The fourth-order valence-electron chi connectivity index (χ4n) is 3.92. The van der Waals surface area contributed by atoms with E-state index in [9.17, 15) is 13.2 Å². The molecule has 4 rings (SSSR count). The van der Waals surface area contributed by atoms with Crippen molar-refractivity contribution < 1.29 is 13.2 Å². The second-order valence-electron chi connectivity index (χ2n) is 7.98. The first-order chi connectivity index (χ1) is 14.2. The summed E-state index contributed by atoms with van der Waals surface area (Å²) in [5, 5.41) is 2.91. The average Bonchev–Trinajstić information content (AvgIpc) is 2.98. The molecule has 0 spiro atoms. The van der Waals surface area contributed by atoms with E-state index in [0.29, 0.717) is 5.69 Å². The standard InChI is InChI=1S/C24H24N2O3S/c1-16-8-12-18(13-9-16)22(26-30(28,29)19-14-10-17(2)11-15-19)24(3)20-6-4-5-7-21(20)25-23(24)27/h4-15,22,26H,1-3H3,(H,25,27)/t22-,24?/m1/s1. The monoisotopic (exact) mass is 420 g/mol. The van der Waals surface area contributed by atoms with Gasteiger partial charge in [-0.2, -0.15) is 0 Å². The van der Waals surface area contributed by atoms with Gasteiger partial charge in [0.1, 0.15) is 0 Å². The van der Waals surface area contributed by atoms with E-state index in [1.54, 1.807) is 31.2 Å². The molecule has 0 radical (unpaired) electrons. The molecule has 1 unspecified atom stereocenters. The Balaban J connectivity index is 1.85. The SMILES string of the molecule is Cc1ccc([C@@H](NS(=O)(=O)c2ccc(C)cc2)C2(C)C(=O)Nc3ccccc32)cc1. The minimum atomic E-state index is -3.87. The first-order valence-electron chi connectivity index (χ1n) is 9.78. The van der Waals surface area contributed by atoms with E-state index in [4.69, 9.17) is 0 Å². The second-order valence-corrected chi connectivity index (χ2v) is 9.69. The van der Waals surface area contributed by atoms with Gasteiger partial charge in [-0.25, -0.2) is 13.1 Å². The molecule has 0 aliphatic carbocycles. The summed E-state index contributed by atoms with van der Waals surface area (Å²) < 4.78 is 29.4. The molecule has 2 atom stereocenters. The van der Waals surface area contributed by atoms with Crippen molar-refractivity contribution in [3.05, 3.63) is 95.1 Å². The molecular weight excluding hydrogens is 396 g/mol. The van der Waals surface area contributed by atoms with Gasteiger partial charge in [-0.05, 0) is 50.1 Å². The molecule has 3 aromatic rings. The van der Waals surface area contributed by atoms with Crippen LogP contribution in [0.2, 0.25) is 0 Å². The van der Waals surface area contributed by atoms with Crippen LogP contribution in [0.25, 0.3) is 0 Å². The third-order valence-corrected chi connectivity index (χ3v) is 7.24. The average molecular weight is 421 g/mol. The smallest absolute Gasteiger partial charge is 0.241 e. The highest BCUT2D eigenvalue weighted by molar-refractivity contribution is 7.89. The molecule has 1 aliphatic rings. The number of hydrogen-bond donors (Lipinski definition) is 2. The van der Waals surface area contributed by atoms with Gasteiger partial charge in [-0.3, -0.25) is 4.79 Å². The van der Waals surface area contributed by atoms with Crippen molar-refractivity contribution in [2.24, 2.45) is 0 Å². The first kappa shape index (κ1) is 20.3. The third kappa shape index (κ3) is 3.42. The lowest BCUT2D eigenvalue weighted by Crippen LogP contribution is -2.46. The lowest BCUT2D eigenvalue weighted by Gasteiger charge is -2.33. The van der Waals surface area contributed by atoms with E-state index in [1.165, 1.54) is 0 Å². The Labute approximate surface area is 177 Å². The number of amides is 1. The molecule has 5 nitrogen and oxygen atoms in total. The van der Waals surface area contributed by atoms with Gasteiger partial charge in [0.2, 0.25) is 15.9 Å². The van der Waals surface area contributed by atoms with Crippen LogP contribution in [0.5, 0.6) is 0 Å². The van der Waals surface area contributed by atoms with Crippen LogP contribution in [0.15, 0.2) is 77.7 Å². The van der Waals surface area contributed by atoms with E-state index < -0.39 is 21.5 Å². The molecule has 1 heterocycles. The van der Waals surface area contributed by atoms with Gasteiger partial charge in [0.25, 0.3) is 0 Å². The summed E-state index contributed by atoms with van der Waals surface area (Å²) in [6, 6.07) is 20.9. The molecule has 154 valence electrons. The van der Waals surface area contributed by atoms with Gasteiger partial charge in [0, 0.05) is 5.69 Å². The number of para-hydroxylation sites is 1. The molecular formula is C24H24N2O3S. The van der Waals surface area contributed by atoms with E-state index in [-0.39, 0.29) is 10.8 Å². The van der Waals surface area contributed by atoms with E-state index >= 15 is 0 Å². The Morgan fingerprint density at radius 3 is 2.07 bits per heavy atom. The largest absolute Gasteiger partial charge is 0.325 e. The molecule has 30 heavy (non-hydrogen) atoms. The fourth-order valence-corrected chi connectivity index (χ4v) is 5.24. The number of anilines is 1. The highest BCUT2D eigenvalue weighted by atomic mass is 32.2. The Morgan fingerprint density at radius 1 is 0.867 bits per heavy atom. The highest BCUT2D eigenvalue weighted by Gasteiger charge is 2.50. The van der Waals surface area contributed by atoms with Crippen LogP contribution in [0.4, 0.5) is 5.69 Å². The number of carbonyl (C=O) groups is 1. The van der Waals surface area contributed by atoms with Crippen molar-refractivity contribution in [2.75, 3.05) is 5.32 Å². The summed E-state index contributed by atoms with van der Waals surface area (Å²) in [5.74, 6) is -0.235. The molecule has 3 aromatic carbocycles. The second kappa shape index (κ2) is 7.38. The van der Waals surface area contributed by atoms with Gasteiger partial charge in [-0.15, -0.1) is 0 Å².